The molecule has 1 heterocycles. The highest BCUT2D eigenvalue weighted by Crippen LogP contribution is 2.29. The number of nitrogens with one attached hydrogen (secondary N) is 1. The highest BCUT2D eigenvalue weighted by molar-refractivity contribution is 7.71. The minimum atomic E-state index is -0.409. The molecule has 1 amide bonds. The van der Waals surface area contributed by atoms with Crippen molar-refractivity contribution in [3.63, 3.8) is 0 Å². The summed E-state index contributed by atoms with van der Waals surface area (Å²) in [6.07, 6.45) is 0. The van der Waals surface area contributed by atoms with Crippen molar-refractivity contribution in [2.75, 3.05) is 14.1 Å². The number of carbonyl (C=O) groups excluding carboxylic acids is 1. The van der Waals surface area contributed by atoms with Gasteiger partial charge in [-0.3, -0.25) is 4.79 Å². The van der Waals surface area contributed by atoms with Gasteiger partial charge in [-0.05, 0) is 31.3 Å². The highest BCUT2D eigenvalue weighted by atomic mass is 35.5. The number of likely N-dealkylation sites (N-methyl/N-ethyl adjacent to an activating group) is 1. The van der Waals surface area contributed by atoms with Gasteiger partial charge in [-0.2, -0.15) is 0 Å². The molecule has 2 rings (SSSR count). The maximum Gasteiger partial charge on any atom is 0.244 e. The fourth-order valence-corrected chi connectivity index (χ4v) is 2.68. The lowest BCUT2D eigenvalue weighted by molar-refractivity contribution is -0.131. The second kappa shape index (κ2) is 5.15. The molecule has 1 unspecified atom stereocenters. The first-order valence-electron chi connectivity index (χ1n) is 5.63. The van der Waals surface area contributed by atoms with Crippen molar-refractivity contribution in [1.29, 1.82) is 0 Å². The zero-order valence-electron chi connectivity index (χ0n) is 10.7. The van der Waals surface area contributed by atoms with E-state index >= 15 is 0 Å². The molecule has 2 aromatic rings. The zero-order chi connectivity index (χ0) is 14.3. The summed E-state index contributed by atoms with van der Waals surface area (Å²) in [4.78, 5) is 16.6. The van der Waals surface area contributed by atoms with Gasteiger partial charge in [0, 0.05) is 14.1 Å². The van der Waals surface area contributed by atoms with Crippen molar-refractivity contribution < 1.29 is 4.79 Å². The topological polar surface area (TPSA) is 41.0 Å². The lowest BCUT2D eigenvalue weighted by Gasteiger charge is -2.18. The summed E-state index contributed by atoms with van der Waals surface area (Å²) in [5, 5.41) is 0.880. The predicted molar refractivity (Wildman–Crippen MR) is 80.5 cm³/mol. The Kier molecular flexibility index (Phi) is 3.90. The molecule has 0 radical (unpaired) electrons. The van der Waals surface area contributed by atoms with E-state index in [4.69, 9.17) is 35.4 Å². The molecular formula is C12H13Cl2N3OS. The van der Waals surface area contributed by atoms with E-state index in [-0.39, 0.29) is 5.91 Å². The Morgan fingerprint density at radius 2 is 1.95 bits per heavy atom. The number of amides is 1. The zero-order valence-corrected chi connectivity index (χ0v) is 13.0. The van der Waals surface area contributed by atoms with Gasteiger partial charge in [-0.25, -0.2) is 0 Å². The van der Waals surface area contributed by atoms with Gasteiger partial charge in [-0.15, -0.1) is 0 Å². The number of nitrogens with zero attached hydrogens (tertiary/aromatic N) is 2. The number of rotatable bonds is 2. The maximum atomic E-state index is 12.1. The predicted octanol–water partition coefficient (Wildman–Crippen LogP) is 3.65. The lowest BCUT2D eigenvalue weighted by atomic mass is 10.2. The van der Waals surface area contributed by atoms with E-state index in [1.54, 1.807) is 37.7 Å². The molecule has 1 N–H and O–H groups in total. The molecule has 1 aromatic heterocycles. The number of halogens is 2. The van der Waals surface area contributed by atoms with Crippen molar-refractivity contribution in [3.05, 3.63) is 26.9 Å². The number of carbonyl (C=O) groups is 1. The van der Waals surface area contributed by atoms with Gasteiger partial charge >= 0.3 is 0 Å². The van der Waals surface area contributed by atoms with E-state index in [1.165, 1.54) is 4.90 Å². The van der Waals surface area contributed by atoms with Gasteiger partial charge in [0.25, 0.3) is 0 Å². The minimum absolute atomic E-state index is 0.0388. The second-order valence-corrected chi connectivity index (χ2v) is 5.69. The number of aromatic nitrogens is 2. The number of fused-ring (bicyclic) bond motifs is 1. The summed E-state index contributed by atoms with van der Waals surface area (Å²) in [6, 6.07) is 3.01. The molecule has 0 aliphatic heterocycles. The molecule has 0 aliphatic rings. The van der Waals surface area contributed by atoms with Gasteiger partial charge in [0.1, 0.15) is 6.04 Å². The van der Waals surface area contributed by atoms with E-state index < -0.39 is 6.04 Å². The van der Waals surface area contributed by atoms with Crippen LogP contribution >= 0.6 is 35.4 Å². The molecule has 0 saturated heterocycles. The average Bonchev–Trinajstić information content (AvgIpc) is 2.63. The number of imidazole rings is 1. The van der Waals surface area contributed by atoms with Crippen molar-refractivity contribution in [2.24, 2.45) is 0 Å². The van der Waals surface area contributed by atoms with Crippen LogP contribution in [0, 0.1) is 4.77 Å². The Balaban J connectivity index is 2.67. The smallest absolute Gasteiger partial charge is 0.244 e. The van der Waals surface area contributed by atoms with Gasteiger partial charge in [0.15, 0.2) is 4.77 Å². The van der Waals surface area contributed by atoms with Crippen LogP contribution in [-0.2, 0) is 4.79 Å². The lowest BCUT2D eigenvalue weighted by Crippen LogP contribution is -2.29. The molecule has 0 aliphatic carbocycles. The third kappa shape index (κ3) is 2.50. The van der Waals surface area contributed by atoms with Crippen LogP contribution in [0.3, 0.4) is 0 Å². The summed E-state index contributed by atoms with van der Waals surface area (Å²) in [5.74, 6) is -0.0388. The third-order valence-electron chi connectivity index (χ3n) is 2.94. The Hall–Kier alpha value is -1.04. The van der Waals surface area contributed by atoms with Crippen molar-refractivity contribution in [1.82, 2.24) is 14.5 Å². The van der Waals surface area contributed by atoms with E-state index in [1.807, 2.05) is 0 Å². The third-order valence-corrected chi connectivity index (χ3v) is 3.96. The Morgan fingerprint density at radius 3 is 2.53 bits per heavy atom. The number of hydrogen-bond acceptors (Lipinski definition) is 2. The normalized spacial score (nSPS) is 12.7. The van der Waals surface area contributed by atoms with Crippen LogP contribution < -0.4 is 0 Å². The van der Waals surface area contributed by atoms with Crippen LogP contribution in [0.25, 0.3) is 11.0 Å². The summed E-state index contributed by atoms with van der Waals surface area (Å²) < 4.78 is 2.21. The van der Waals surface area contributed by atoms with E-state index in [9.17, 15) is 4.79 Å². The van der Waals surface area contributed by atoms with Crippen LogP contribution in [-0.4, -0.2) is 34.5 Å². The van der Waals surface area contributed by atoms with E-state index in [0.717, 1.165) is 11.0 Å². The number of benzene rings is 1. The number of H-pyrrole nitrogens is 1. The molecule has 7 heteroatoms. The Bertz CT molecular complexity index is 705. The fraction of sp³-hybridized carbons (Fsp3) is 0.333. The minimum Gasteiger partial charge on any atom is -0.347 e. The first-order valence-corrected chi connectivity index (χ1v) is 6.79. The monoisotopic (exact) mass is 317 g/mol. The number of hydrogen-bond donors (Lipinski definition) is 1. The standard InChI is InChI=1S/C12H13Cl2N3OS/c1-6(11(18)16(2)3)17-10-5-8(14)7(13)4-9(10)15-12(17)19/h4-6H,1-3H3,(H,15,19). The second-order valence-electron chi connectivity index (χ2n) is 4.49. The van der Waals surface area contributed by atoms with E-state index in [0.29, 0.717) is 14.8 Å². The molecule has 1 aromatic carbocycles. The molecule has 0 spiro atoms. The highest BCUT2D eigenvalue weighted by Gasteiger charge is 2.20. The summed E-state index contributed by atoms with van der Waals surface area (Å²) in [5.41, 5.74) is 1.53. The fourth-order valence-electron chi connectivity index (χ4n) is 1.99. The molecule has 4 nitrogen and oxygen atoms in total. The van der Waals surface area contributed by atoms with Crippen LogP contribution in [0.2, 0.25) is 10.0 Å². The first-order chi connectivity index (χ1) is 8.82. The van der Waals surface area contributed by atoms with Crippen LogP contribution in [0.4, 0.5) is 0 Å². The van der Waals surface area contributed by atoms with Crippen molar-refractivity contribution >= 4 is 52.4 Å². The van der Waals surface area contributed by atoms with Gasteiger partial charge in [0.05, 0.1) is 21.1 Å². The summed E-state index contributed by atoms with van der Waals surface area (Å²) in [7, 11) is 3.42. The SMILES string of the molecule is CC(C(=O)N(C)C)n1c(=S)[nH]c2cc(Cl)c(Cl)cc21. The Labute approximate surface area is 125 Å². The average molecular weight is 318 g/mol. The van der Waals surface area contributed by atoms with Crippen molar-refractivity contribution in [2.45, 2.75) is 13.0 Å². The largest absolute Gasteiger partial charge is 0.347 e. The molecule has 19 heavy (non-hydrogen) atoms. The van der Waals surface area contributed by atoms with Gasteiger partial charge < -0.3 is 14.5 Å². The van der Waals surface area contributed by atoms with Crippen molar-refractivity contribution in [3.8, 4) is 0 Å². The quantitative estimate of drug-likeness (QED) is 0.859. The van der Waals surface area contributed by atoms with Gasteiger partial charge in [-0.1, -0.05) is 23.2 Å². The summed E-state index contributed by atoms with van der Waals surface area (Å²) in [6.45, 7) is 1.80. The van der Waals surface area contributed by atoms with Crippen LogP contribution in [0.1, 0.15) is 13.0 Å². The summed E-state index contributed by atoms with van der Waals surface area (Å²) >= 11 is 17.3. The molecule has 0 fully saturated rings. The Morgan fingerprint density at radius 1 is 1.37 bits per heavy atom. The number of aromatic amines is 1. The maximum absolute atomic E-state index is 12.1. The molecule has 1 atom stereocenters. The molecule has 0 bridgehead atoms. The molecular weight excluding hydrogens is 305 g/mol. The van der Waals surface area contributed by atoms with Gasteiger partial charge in [0.2, 0.25) is 5.91 Å². The van der Waals surface area contributed by atoms with Crippen LogP contribution in [0.5, 0.6) is 0 Å². The first kappa shape index (κ1) is 14.4. The van der Waals surface area contributed by atoms with E-state index in [2.05, 4.69) is 4.98 Å². The molecule has 102 valence electrons. The molecule has 0 saturated carbocycles. The van der Waals surface area contributed by atoms with Crippen LogP contribution in [0.15, 0.2) is 12.1 Å².